The van der Waals surface area contributed by atoms with Gasteiger partial charge in [-0.2, -0.15) is 0 Å². The molecule has 1 aromatic carbocycles. The van der Waals surface area contributed by atoms with Crippen LogP contribution in [-0.2, 0) is 20.0 Å². The Morgan fingerprint density at radius 1 is 1.06 bits per heavy atom. The van der Waals surface area contributed by atoms with E-state index in [-0.39, 0.29) is 23.3 Å². The molecule has 8 heteroatoms. The van der Waals surface area contributed by atoms with Gasteiger partial charge in [0.25, 0.3) is 11.8 Å². The molecule has 0 bridgehead atoms. The summed E-state index contributed by atoms with van der Waals surface area (Å²) in [7, 11) is 1.97. The summed E-state index contributed by atoms with van der Waals surface area (Å²) in [5, 5.41) is 12.9. The van der Waals surface area contributed by atoms with Crippen LogP contribution in [0.5, 0.6) is 0 Å². The van der Waals surface area contributed by atoms with E-state index >= 15 is 0 Å². The van der Waals surface area contributed by atoms with E-state index in [1.807, 2.05) is 39.3 Å². The number of fused-ring (bicyclic) bond motifs is 2. The lowest BCUT2D eigenvalue weighted by Gasteiger charge is -2.27. The Kier molecular flexibility index (Phi) is 5.19. The van der Waals surface area contributed by atoms with Gasteiger partial charge in [-0.1, -0.05) is 31.0 Å². The molecule has 1 saturated heterocycles. The lowest BCUT2D eigenvalue weighted by molar-refractivity contribution is 0.0758. The van der Waals surface area contributed by atoms with E-state index in [1.54, 1.807) is 0 Å². The van der Waals surface area contributed by atoms with Crippen molar-refractivity contribution in [2.24, 2.45) is 12.5 Å². The van der Waals surface area contributed by atoms with Crippen LogP contribution in [0.2, 0.25) is 0 Å². The molecule has 2 fully saturated rings. The zero-order chi connectivity index (χ0) is 23.3. The first-order chi connectivity index (χ1) is 16.5. The Morgan fingerprint density at radius 3 is 2.68 bits per heavy atom. The highest BCUT2D eigenvalue weighted by Crippen LogP contribution is 2.41. The average Bonchev–Trinajstić information content (AvgIpc) is 3.62. The minimum absolute atomic E-state index is 0.0696. The summed E-state index contributed by atoms with van der Waals surface area (Å²) in [5.74, 6) is 1.35. The van der Waals surface area contributed by atoms with Crippen molar-refractivity contribution in [2.75, 3.05) is 13.1 Å². The van der Waals surface area contributed by atoms with Gasteiger partial charge in [0.1, 0.15) is 11.5 Å². The first kappa shape index (κ1) is 21.4. The number of para-hydroxylation sites is 1. The van der Waals surface area contributed by atoms with Crippen molar-refractivity contribution in [1.82, 2.24) is 29.5 Å². The number of nitrogens with one attached hydrogen (secondary N) is 1. The number of likely N-dealkylation sites (tertiary alicyclic amines) is 1. The summed E-state index contributed by atoms with van der Waals surface area (Å²) >= 11 is 0. The molecule has 2 aliphatic heterocycles. The monoisotopic (exact) mass is 460 g/mol. The summed E-state index contributed by atoms with van der Waals surface area (Å²) in [4.78, 5) is 28.3. The Morgan fingerprint density at radius 2 is 1.85 bits per heavy atom. The number of benzene rings is 1. The van der Waals surface area contributed by atoms with Crippen molar-refractivity contribution in [3.05, 3.63) is 47.7 Å². The molecule has 3 aliphatic rings. The highest BCUT2D eigenvalue weighted by molar-refractivity contribution is 5.98. The summed E-state index contributed by atoms with van der Waals surface area (Å²) in [5.41, 5.74) is 1.89. The fraction of sp³-hybridized carbons (Fsp3) is 0.538. The Hall–Kier alpha value is -3.16. The van der Waals surface area contributed by atoms with Crippen LogP contribution in [-0.4, -0.2) is 55.2 Å². The Labute approximate surface area is 199 Å². The molecule has 2 amide bonds. The van der Waals surface area contributed by atoms with Gasteiger partial charge in [0.15, 0.2) is 0 Å². The molecule has 34 heavy (non-hydrogen) atoms. The fourth-order valence-electron chi connectivity index (χ4n) is 6.27. The molecule has 2 aromatic heterocycles. The van der Waals surface area contributed by atoms with Crippen LogP contribution in [0.1, 0.15) is 71.9 Å². The standard InChI is InChI=1S/C26H32N6O2/c1-30-20-9-5-2-6-18(20)16-21(30)25(34)31-14-12-26(17-31)11-10-22-28-29-23(32(22)15-13-26)24(33)27-19-7-3-4-8-19/h2,5-6,9,16,19H,3-4,7-8,10-15,17H2,1H3,(H,27,33). The molecule has 1 saturated carbocycles. The molecule has 0 radical (unpaired) electrons. The van der Waals surface area contributed by atoms with E-state index in [2.05, 4.69) is 27.6 Å². The molecule has 1 spiro atoms. The van der Waals surface area contributed by atoms with Crippen LogP contribution in [0.25, 0.3) is 10.9 Å². The second-order valence-electron chi connectivity index (χ2n) is 10.4. The van der Waals surface area contributed by atoms with Crippen molar-refractivity contribution >= 4 is 22.7 Å². The number of rotatable bonds is 3. The molecule has 3 aromatic rings. The Balaban J connectivity index is 1.16. The second-order valence-corrected chi connectivity index (χ2v) is 10.4. The molecule has 1 atom stereocenters. The number of aromatic nitrogens is 4. The number of hydrogen-bond donors (Lipinski definition) is 1. The lowest BCUT2D eigenvalue weighted by Crippen LogP contribution is -2.35. The van der Waals surface area contributed by atoms with Crippen LogP contribution in [0.15, 0.2) is 30.3 Å². The molecular formula is C26H32N6O2. The topological polar surface area (TPSA) is 85.1 Å². The van der Waals surface area contributed by atoms with E-state index in [0.29, 0.717) is 5.82 Å². The summed E-state index contributed by atoms with van der Waals surface area (Å²) < 4.78 is 4.03. The maximum absolute atomic E-state index is 13.5. The maximum Gasteiger partial charge on any atom is 0.289 e. The molecule has 1 aliphatic carbocycles. The quantitative estimate of drug-likeness (QED) is 0.650. The van der Waals surface area contributed by atoms with Gasteiger partial charge in [-0.3, -0.25) is 9.59 Å². The summed E-state index contributed by atoms with van der Waals surface area (Å²) in [6.45, 7) is 2.26. The number of carbonyl (C=O) groups excluding carboxylic acids is 2. The maximum atomic E-state index is 13.5. The van der Waals surface area contributed by atoms with E-state index in [0.717, 1.165) is 80.6 Å². The van der Waals surface area contributed by atoms with Crippen LogP contribution in [0, 0.1) is 5.41 Å². The minimum atomic E-state index is -0.0967. The van der Waals surface area contributed by atoms with Gasteiger partial charge in [-0.15, -0.1) is 10.2 Å². The third kappa shape index (κ3) is 3.60. The zero-order valence-electron chi connectivity index (χ0n) is 19.8. The van der Waals surface area contributed by atoms with Gasteiger partial charge in [-0.05, 0) is 49.7 Å². The summed E-state index contributed by atoms with van der Waals surface area (Å²) in [6, 6.07) is 10.4. The first-order valence-corrected chi connectivity index (χ1v) is 12.6. The number of nitrogens with zero attached hydrogens (tertiary/aromatic N) is 5. The first-order valence-electron chi connectivity index (χ1n) is 12.6. The highest BCUT2D eigenvalue weighted by atomic mass is 16.2. The van der Waals surface area contributed by atoms with Crippen molar-refractivity contribution in [3.63, 3.8) is 0 Å². The normalized spacial score (nSPS) is 22.9. The van der Waals surface area contributed by atoms with Crippen molar-refractivity contribution in [2.45, 2.75) is 64.0 Å². The zero-order valence-corrected chi connectivity index (χ0v) is 19.8. The third-order valence-electron chi connectivity index (χ3n) is 8.36. The molecule has 178 valence electrons. The molecule has 1 unspecified atom stereocenters. The van der Waals surface area contributed by atoms with Gasteiger partial charge in [0.05, 0.1) is 0 Å². The van der Waals surface area contributed by atoms with Crippen LogP contribution >= 0.6 is 0 Å². The number of hydrogen-bond acceptors (Lipinski definition) is 4. The highest BCUT2D eigenvalue weighted by Gasteiger charge is 2.42. The molecule has 4 heterocycles. The van der Waals surface area contributed by atoms with Gasteiger partial charge >= 0.3 is 0 Å². The van der Waals surface area contributed by atoms with Crippen LogP contribution < -0.4 is 5.32 Å². The van der Waals surface area contributed by atoms with Crippen molar-refractivity contribution < 1.29 is 9.59 Å². The van der Waals surface area contributed by atoms with E-state index < -0.39 is 0 Å². The molecule has 6 rings (SSSR count). The number of aryl methyl sites for hydroxylation is 2. The van der Waals surface area contributed by atoms with Crippen LogP contribution in [0.4, 0.5) is 0 Å². The van der Waals surface area contributed by atoms with Crippen molar-refractivity contribution in [3.8, 4) is 0 Å². The fourth-order valence-corrected chi connectivity index (χ4v) is 6.27. The van der Waals surface area contributed by atoms with Gasteiger partial charge < -0.3 is 19.4 Å². The van der Waals surface area contributed by atoms with E-state index in [1.165, 1.54) is 12.8 Å². The molecule has 1 N–H and O–H groups in total. The minimum Gasteiger partial charge on any atom is -0.347 e. The van der Waals surface area contributed by atoms with Crippen LogP contribution in [0.3, 0.4) is 0 Å². The smallest absolute Gasteiger partial charge is 0.289 e. The van der Waals surface area contributed by atoms with Gasteiger partial charge in [0.2, 0.25) is 5.82 Å². The lowest BCUT2D eigenvalue weighted by atomic mass is 9.80. The van der Waals surface area contributed by atoms with Crippen molar-refractivity contribution in [1.29, 1.82) is 0 Å². The largest absolute Gasteiger partial charge is 0.347 e. The SMILES string of the molecule is Cn1c(C(=O)N2CCC3(CCc4nnc(C(=O)NC5CCCC5)n4CC3)C2)cc2ccccc21. The van der Waals surface area contributed by atoms with E-state index in [9.17, 15) is 9.59 Å². The van der Waals surface area contributed by atoms with Gasteiger partial charge in [0, 0.05) is 50.0 Å². The second kappa shape index (κ2) is 8.25. The predicted octanol–water partition coefficient (Wildman–Crippen LogP) is 3.31. The average molecular weight is 461 g/mol. The molecule has 8 nitrogen and oxygen atoms in total. The Bertz CT molecular complexity index is 1250. The third-order valence-corrected chi connectivity index (χ3v) is 8.36. The van der Waals surface area contributed by atoms with Gasteiger partial charge in [-0.25, -0.2) is 0 Å². The molecular weight excluding hydrogens is 428 g/mol. The number of amides is 2. The predicted molar refractivity (Wildman–Crippen MR) is 129 cm³/mol. The number of carbonyl (C=O) groups is 2. The van der Waals surface area contributed by atoms with E-state index in [4.69, 9.17) is 0 Å². The summed E-state index contributed by atoms with van der Waals surface area (Å²) in [6.07, 6.45) is 8.14.